The second kappa shape index (κ2) is 10.9. The molecule has 1 aromatic rings. The molecule has 0 bridgehead atoms. The molecule has 1 rings (SSSR count). The topological polar surface area (TPSA) is 52.6 Å². The summed E-state index contributed by atoms with van der Waals surface area (Å²) in [5.41, 5.74) is 1.01. The zero-order valence-electron chi connectivity index (χ0n) is 15.4. The predicted molar refractivity (Wildman–Crippen MR) is 100 cm³/mol. The van der Waals surface area contributed by atoms with Gasteiger partial charge in [0.05, 0.1) is 12.2 Å². The first-order chi connectivity index (χ1) is 11.1. The quantitative estimate of drug-likeness (QED) is 0.543. The van der Waals surface area contributed by atoms with Crippen molar-refractivity contribution in [3.8, 4) is 0 Å². The molecule has 0 saturated heterocycles. The fraction of sp³-hybridized carbons (Fsp3) is 0.667. The van der Waals surface area contributed by atoms with Gasteiger partial charge in [-0.25, -0.2) is 4.98 Å². The summed E-state index contributed by atoms with van der Waals surface area (Å²) in [5.74, 6) is 2.53. The molecule has 1 heterocycles. The molecule has 5 heteroatoms. The fourth-order valence-electron chi connectivity index (χ4n) is 2.39. The van der Waals surface area contributed by atoms with Gasteiger partial charge in [-0.15, -0.1) is 0 Å². The van der Waals surface area contributed by atoms with E-state index >= 15 is 0 Å². The Morgan fingerprint density at radius 2 is 2.04 bits per heavy atom. The lowest BCUT2D eigenvalue weighted by Crippen LogP contribution is -2.39. The fourth-order valence-corrected chi connectivity index (χ4v) is 2.39. The van der Waals surface area contributed by atoms with E-state index in [1.807, 2.05) is 44.2 Å². The number of nitrogens with zero attached hydrogens (tertiary/aromatic N) is 3. The third-order valence-electron chi connectivity index (χ3n) is 4.01. The number of unbranched alkanes of at least 4 members (excludes halogenated alkanes) is 1. The summed E-state index contributed by atoms with van der Waals surface area (Å²) in [6, 6.07) is 6.08. The maximum atomic E-state index is 4.61. The van der Waals surface area contributed by atoms with Crippen LogP contribution in [-0.4, -0.2) is 38.6 Å². The van der Waals surface area contributed by atoms with Gasteiger partial charge in [0.25, 0.3) is 0 Å². The molecular weight excluding hydrogens is 286 g/mol. The number of hydrogen-bond donors (Lipinski definition) is 2. The molecule has 1 atom stereocenters. The van der Waals surface area contributed by atoms with E-state index in [9.17, 15) is 0 Å². The molecule has 0 amide bonds. The van der Waals surface area contributed by atoms with Crippen LogP contribution in [0.15, 0.2) is 23.2 Å². The summed E-state index contributed by atoms with van der Waals surface area (Å²) in [6.45, 7) is 6.15. The molecule has 2 N–H and O–H groups in total. The monoisotopic (exact) mass is 319 g/mol. The van der Waals surface area contributed by atoms with Crippen LogP contribution in [0.25, 0.3) is 0 Å². The van der Waals surface area contributed by atoms with Crippen LogP contribution in [0.5, 0.6) is 0 Å². The predicted octanol–water partition coefficient (Wildman–Crippen LogP) is 3.03. The minimum Gasteiger partial charge on any atom is -0.363 e. The highest BCUT2D eigenvalue weighted by atomic mass is 15.2. The average Bonchev–Trinajstić information content (AvgIpc) is 2.57. The highest BCUT2D eigenvalue weighted by Gasteiger charge is 2.07. The lowest BCUT2D eigenvalue weighted by atomic mass is 9.99. The molecule has 0 aliphatic heterocycles. The van der Waals surface area contributed by atoms with Gasteiger partial charge in [-0.1, -0.05) is 39.2 Å². The van der Waals surface area contributed by atoms with Gasteiger partial charge in [0, 0.05) is 27.7 Å². The molecule has 0 aromatic carbocycles. The summed E-state index contributed by atoms with van der Waals surface area (Å²) in [4.78, 5) is 10.9. The molecule has 1 unspecified atom stereocenters. The van der Waals surface area contributed by atoms with Crippen LogP contribution in [-0.2, 0) is 6.54 Å². The minimum atomic E-state index is 0.674. The van der Waals surface area contributed by atoms with E-state index < -0.39 is 0 Å². The highest BCUT2D eigenvalue weighted by molar-refractivity contribution is 5.79. The largest absolute Gasteiger partial charge is 0.363 e. The zero-order valence-corrected chi connectivity index (χ0v) is 15.4. The summed E-state index contributed by atoms with van der Waals surface area (Å²) < 4.78 is 0. The first kappa shape index (κ1) is 19.3. The lowest BCUT2D eigenvalue weighted by molar-refractivity contribution is 0.443. The molecule has 0 radical (unpaired) electrons. The van der Waals surface area contributed by atoms with Crippen molar-refractivity contribution in [2.45, 2.75) is 46.1 Å². The second-order valence-corrected chi connectivity index (χ2v) is 6.10. The van der Waals surface area contributed by atoms with Crippen molar-refractivity contribution < 1.29 is 0 Å². The van der Waals surface area contributed by atoms with Crippen LogP contribution in [0.3, 0.4) is 0 Å². The number of hydrogen-bond acceptors (Lipinski definition) is 3. The standard InChI is InChI=1S/C18H33N5/c1-6-8-10-15(7-2)13-20-18(19-3)21-14-16-11-9-12-17(22-16)23(4)5/h9,11-12,15H,6-8,10,13-14H2,1-5H3,(H2,19,20,21). The Hall–Kier alpha value is -1.78. The van der Waals surface area contributed by atoms with E-state index in [4.69, 9.17) is 0 Å². The molecule has 130 valence electrons. The van der Waals surface area contributed by atoms with Crippen molar-refractivity contribution in [3.63, 3.8) is 0 Å². The van der Waals surface area contributed by atoms with E-state index in [0.717, 1.165) is 24.0 Å². The Morgan fingerprint density at radius 1 is 1.26 bits per heavy atom. The Morgan fingerprint density at radius 3 is 2.65 bits per heavy atom. The molecule has 0 spiro atoms. The van der Waals surface area contributed by atoms with Gasteiger partial charge in [-0.3, -0.25) is 4.99 Å². The van der Waals surface area contributed by atoms with Crippen LogP contribution < -0.4 is 15.5 Å². The SMILES string of the molecule is CCCCC(CC)CNC(=NC)NCc1cccc(N(C)C)n1. The molecule has 0 aliphatic carbocycles. The third-order valence-corrected chi connectivity index (χ3v) is 4.01. The highest BCUT2D eigenvalue weighted by Crippen LogP contribution is 2.11. The smallest absolute Gasteiger partial charge is 0.191 e. The van der Waals surface area contributed by atoms with Crippen LogP contribution in [0.2, 0.25) is 0 Å². The van der Waals surface area contributed by atoms with Crippen molar-refractivity contribution in [2.24, 2.45) is 10.9 Å². The molecule has 1 aromatic heterocycles. The van der Waals surface area contributed by atoms with Crippen molar-refractivity contribution in [1.29, 1.82) is 0 Å². The van der Waals surface area contributed by atoms with E-state index in [2.05, 4.69) is 34.5 Å². The number of aromatic nitrogens is 1. The van der Waals surface area contributed by atoms with E-state index in [-0.39, 0.29) is 0 Å². The normalized spacial score (nSPS) is 12.8. The lowest BCUT2D eigenvalue weighted by Gasteiger charge is -2.18. The average molecular weight is 319 g/mol. The van der Waals surface area contributed by atoms with Gasteiger partial charge in [-0.05, 0) is 24.5 Å². The van der Waals surface area contributed by atoms with Crippen molar-refractivity contribution >= 4 is 11.8 Å². The van der Waals surface area contributed by atoms with Crippen LogP contribution in [0.4, 0.5) is 5.82 Å². The molecular formula is C18H33N5. The molecule has 0 fully saturated rings. The van der Waals surface area contributed by atoms with E-state index in [1.54, 1.807) is 0 Å². The molecule has 23 heavy (non-hydrogen) atoms. The van der Waals surface area contributed by atoms with E-state index in [1.165, 1.54) is 25.7 Å². The van der Waals surface area contributed by atoms with Crippen molar-refractivity contribution in [2.75, 3.05) is 32.6 Å². The molecule has 5 nitrogen and oxygen atoms in total. The summed E-state index contributed by atoms with van der Waals surface area (Å²) in [6.07, 6.45) is 5.05. The van der Waals surface area contributed by atoms with Crippen LogP contribution in [0, 0.1) is 5.92 Å². The Bertz CT molecular complexity index is 470. The number of guanidine groups is 1. The van der Waals surface area contributed by atoms with Crippen LogP contribution >= 0.6 is 0 Å². The first-order valence-electron chi connectivity index (χ1n) is 8.68. The number of nitrogens with one attached hydrogen (secondary N) is 2. The van der Waals surface area contributed by atoms with Crippen molar-refractivity contribution in [1.82, 2.24) is 15.6 Å². The second-order valence-electron chi connectivity index (χ2n) is 6.10. The van der Waals surface area contributed by atoms with E-state index in [0.29, 0.717) is 12.5 Å². The summed E-state index contributed by atoms with van der Waals surface area (Å²) in [7, 11) is 5.81. The van der Waals surface area contributed by atoms with Gasteiger partial charge < -0.3 is 15.5 Å². The zero-order chi connectivity index (χ0) is 17.1. The summed E-state index contributed by atoms with van der Waals surface area (Å²) in [5, 5.41) is 6.78. The minimum absolute atomic E-state index is 0.674. The number of pyridine rings is 1. The van der Waals surface area contributed by atoms with Crippen LogP contribution in [0.1, 0.15) is 45.2 Å². The Kier molecular flexibility index (Phi) is 9.10. The Labute approximate surface area is 141 Å². The van der Waals surface area contributed by atoms with Crippen molar-refractivity contribution in [3.05, 3.63) is 23.9 Å². The maximum absolute atomic E-state index is 4.61. The van der Waals surface area contributed by atoms with Gasteiger partial charge in [0.15, 0.2) is 5.96 Å². The number of anilines is 1. The maximum Gasteiger partial charge on any atom is 0.191 e. The Balaban J connectivity index is 2.46. The molecule has 0 aliphatic rings. The number of rotatable bonds is 9. The van der Waals surface area contributed by atoms with Gasteiger partial charge >= 0.3 is 0 Å². The third kappa shape index (κ3) is 7.35. The van der Waals surface area contributed by atoms with Gasteiger partial charge in [-0.2, -0.15) is 0 Å². The number of aliphatic imine (C=N–C) groups is 1. The van der Waals surface area contributed by atoms with Gasteiger partial charge in [0.2, 0.25) is 0 Å². The molecule has 0 saturated carbocycles. The first-order valence-corrected chi connectivity index (χ1v) is 8.68. The summed E-state index contributed by atoms with van der Waals surface area (Å²) >= 11 is 0. The van der Waals surface area contributed by atoms with Gasteiger partial charge in [0.1, 0.15) is 5.82 Å².